The van der Waals surface area contributed by atoms with Gasteiger partial charge < -0.3 is 15.4 Å². The van der Waals surface area contributed by atoms with Gasteiger partial charge in [-0.2, -0.15) is 0 Å². The van der Waals surface area contributed by atoms with Crippen molar-refractivity contribution in [2.45, 2.75) is 52.0 Å². The number of nitrogens with two attached hydrogens (primary N) is 1. The minimum Gasteiger partial charge on any atom is -0.394 e. The lowest BCUT2D eigenvalue weighted by Gasteiger charge is -2.36. The lowest BCUT2D eigenvalue weighted by atomic mass is 10.0. The summed E-state index contributed by atoms with van der Waals surface area (Å²) in [6.45, 7) is 7.18. The van der Waals surface area contributed by atoms with E-state index in [4.69, 9.17) is 10.8 Å². The zero-order valence-electron chi connectivity index (χ0n) is 12.6. The number of aliphatic hydroxyl groups excluding tert-OH is 1. The molecule has 1 atom stereocenters. The lowest BCUT2D eigenvalue weighted by Crippen LogP contribution is -2.43. The van der Waals surface area contributed by atoms with E-state index in [0.29, 0.717) is 5.82 Å². The summed E-state index contributed by atoms with van der Waals surface area (Å²) in [6, 6.07) is 0.142. The van der Waals surface area contributed by atoms with Gasteiger partial charge in [0, 0.05) is 18.0 Å². The predicted octanol–water partition coefficient (Wildman–Crippen LogP) is 1.55. The van der Waals surface area contributed by atoms with E-state index in [1.54, 1.807) is 0 Å². The van der Waals surface area contributed by atoms with Crippen LogP contribution in [0.4, 0.5) is 11.6 Å². The second kappa shape index (κ2) is 6.37. The number of hydrogen-bond donors (Lipinski definition) is 3. The molecule has 1 aliphatic heterocycles. The number of rotatable bonds is 4. The molecule has 0 radical (unpaired) electrons. The van der Waals surface area contributed by atoms with Crippen molar-refractivity contribution >= 4 is 11.6 Å². The molecule has 0 aromatic carbocycles. The molecule has 2 heterocycles. The Labute approximate surface area is 120 Å². The largest absolute Gasteiger partial charge is 0.394 e. The number of nitrogens with zero attached hydrogens (tertiary/aromatic N) is 3. The van der Waals surface area contributed by atoms with Crippen molar-refractivity contribution in [1.29, 1.82) is 0 Å². The Bertz CT molecular complexity index is 463. The first kappa shape index (κ1) is 15.0. The summed E-state index contributed by atoms with van der Waals surface area (Å²) in [4.78, 5) is 11.4. The van der Waals surface area contributed by atoms with E-state index in [9.17, 15) is 5.11 Å². The number of anilines is 2. The number of aromatic nitrogens is 2. The molecule has 112 valence electrons. The van der Waals surface area contributed by atoms with E-state index in [1.165, 1.54) is 0 Å². The molecule has 4 N–H and O–H groups in total. The van der Waals surface area contributed by atoms with Gasteiger partial charge in [-0.05, 0) is 26.2 Å². The molecule has 1 unspecified atom stereocenters. The Morgan fingerprint density at radius 3 is 2.75 bits per heavy atom. The molecule has 1 aromatic rings. The van der Waals surface area contributed by atoms with E-state index >= 15 is 0 Å². The Balaban J connectivity index is 2.45. The summed E-state index contributed by atoms with van der Waals surface area (Å²) in [6.07, 6.45) is 3.29. The predicted molar refractivity (Wildman–Crippen MR) is 80.7 cm³/mol. The first-order valence-electron chi connectivity index (χ1n) is 7.31. The molecule has 1 aliphatic rings. The fraction of sp³-hybridized carbons (Fsp3) is 0.714. The molecule has 1 fully saturated rings. The van der Waals surface area contributed by atoms with Crippen LogP contribution in [0.5, 0.6) is 0 Å². The lowest BCUT2D eigenvalue weighted by molar-refractivity contribution is 0.239. The number of piperidine rings is 1. The van der Waals surface area contributed by atoms with Gasteiger partial charge in [0.15, 0.2) is 0 Å². The van der Waals surface area contributed by atoms with Gasteiger partial charge in [-0.15, -0.1) is 0 Å². The third-order valence-corrected chi connectivity index (χ3v) is 3.90. The van der Waals surface area contributed by atoms with Crippen LogP contribution in [0.1, 0.15) is 50.4 Å². The van der Waals surface area contributed by atoms with Crippen molar-refractivity contribution in [1.82, 2.24) is 9.97 Å². The standard InChI is InChI=1S/C14H25N5O/c1-9(2)12-16-13(18-15)10(3)14(17-12)19-7-5-4-6-11(19)8-20/h9,11,20H,4-8,15H2,1-3H3,(H,16,17,18). The van der Waals surface area contributed by atoms with Gasteiger partial charge in [0.1, 0.15) is 17.5 Å². The number of hydrazine groups is 1. The van der Waals surface area contributed by atoms with Gasteiger partial charge in [-0.3, -0.25) is 0 Å². The molecule has 2 rings (SSSR count). The monoisotopic (exact) mass is 279 g/mol. The molecule has 20 heavy (non-hydrogen) atoms. The second-order valence-electron chi connectivity index (χ2n) is 5.70. The molecule has 0 aliphatic carbocycles. The quantitative estimate of drug-likeness (QED) is 0.572. The van der Waals surface area contributed by atoms with E-state index in [-0.39, 0.29) is 18.6 Å². The maximum atomic E-state index is 9.59. The fourth-order valence-corrected chi connectivity index (χ4v) is 2.67. The van der Waals surface area contributed by atoms with Crippen LogP contribution in [-0.4, -0.2) is 34.3 Å². The van der Waals surface area contributed by atoms with Crippen LogP contribution in [0.25, 0.3) is 0 Å². The molecule has 1 aromatic heterocycles. The second-order valence-corrected chi connectivity index (χ2v) is 5.70. The molecule has 0 bridgehead atoms. The average molecular weight is 279 g/mol. The van der Waals surface area contributed by atoms with Gasteiger partial charge >= 0.3 is 0 Å². The van der Waals surface area contributed by atoms with E-state index in [1.807, 2.05) is 6.92 Å². The summed E-state index contributed by atoms with van der Waals surface area (Å²) >= 11 is 0. The zero-order chi connectivity index (χ0) is 14.7. The highest BCUT2D eigenvalue weighted by molar-refractivity contribution is 5.59. The fourth-order valence-electron chi connectivity index (χ4n) is 2.67. The van der Waals surface area contributed by atoms with Crippen LogP contribution in [0.3, 0.4) is 0 Å². The Kier molecular flexibility index (Phi) is 4.77. The minimum absolute atomic E-state index is 0.142. The van der Waals surface area contributed by atoms with Gasteiger partial charge in [-0.1, -0.05) is 13.8 Å². The van der Waals surface area contributed by atoms with E-state index in [2.05, 4.69) is 29.2 Å². The number of aliphatic hydroxyl groups is 1. The van der Waals surface area contributed by atoms with Crippen molar-refractivity contribution < 1.29 is 5.11 Å². The van der Waals surface area contributed by atoms with Crippen molar-refractivity contribution in [2.24, 2.45) is 5.84 Å². The number of nitrogen functional groups attached to an aromatic ring is 1. The molecule has 0 saturated carbocycles. The maximum absolute atomic E-state index is 9.59. The van der Waals surface area contributed by atoms with Crippen molar-refractivity contribution in [2.75, 3.05) is 23.5 Å². The van der Waals surface area contributed by atoms with Gasteiger partial charge in [0.2, 0.25) is 0 Å². The van der Waals surface area contributed by atoms with Crippen molar-refractivity contribution in [3.05, 3.63) is 11.4 Å². The molecular formula is C14H25N5O. The molecule has 0 amide bonds. The van der Waals surface area contributed by atoms with Crippen LogP contribution in [0.15, 0.2) is 0 Å². The average Bonchev–Trinajstić information content (AvgIpc) is 2.47. The molecule has 0 spiro atoms. The zero-order valence-corrected chi connectivity index (χ0v) is 12.6. The molecular weight excluding hydrogens is 254 g/mol. The van der Waals surface area contributed by atoms with Crippen LogP contribution >= 0.6 is 0 Å². The van der Waals surface area contributed by atoms with Crippen LogP contribution in [0.2, 0.25) is 0 Å². The van der Waals surface area contributed by atoms with Gasteiger partial charge in [0.25, 0.3) is 0 Å². The van der Waals surface area contributed by atoms with Crippen LogP contribution < -0.4 is 16.2 Å². The van der Waals surface area contributed by atoms with Crippen molar-refractivity contribution in [3.8, 4) is 0 Å². The first-order chi connectivity index (χ1) is 9.58. The number of hydrogen-bond acceptors (Lipinski definition) is 6. The van der Waals surface area contributed by atoms with Gasteiger partial charge in [-0.25, -0.2) is 15.8 Å². The highest BCUT2D eigenvalue weighted by Crippen LogP contribution is 2.30. The Hall–Kier alpha value is -1.40. The van der Waals surface area contributed by atoms with E-state index in [0.717, 1.165) is 43.0 Å². The minimum atomic E-state index is 0.142. The maximum Gasteiger partial charge on any atom is 0.148 e. The SMILES string of the molecule is Cc1c(NN)nc(C(C)C)nc1N1CCCCC1CO. The van der Waals surface area contributed by atoms with Crippen LogP contribution in [-0.2, 0) is 0 Å². The topological polar surface area (TPSA) is 87.3 Å². The summed E-state index contributed by atoms with van der Waals surface area (Å²) in [5, 5.41) is 9.59. The van der Waals surface area contributed by atoms with E-state index < -0.39 is 0 Å². The summed E-state index contributed by atoms with van der Waals surface area (Å²) < 4.78 is 0. The smallest absolute Gasteiger partial charge is 0.148 e. The van der Waals surface area contributed by atoms with Gasteiger partial charge in [0.05, 0.1) is 12.6 Å². The summed E-state index contributed by atoms with van der Waals surface area (Å²) in [5.41, 5.74) is 3.60. The van der Waals surface area contributed by atoms with Crippen molar-refractivity contribution in [3.63, 3.8) is 0 Å². The van der Waals surface area contributed by atoms with Crippen LogP contribution in [0, 0.1) is 6.92 Å². The third-order valence-electron chi connectivity index (χ3n) is 3.90. The molecule has 6 heteroatoms. The highest BCUT2D eigenvalue weighted by atomic mass is 16.3. The Morgan fingerprint density at radius 1 is 1.40 bits per heavy atom. The molecule has 6 nitrogen and oxygen atoms in total. The Morgan fingerprint density at radius 2 is 2.15 bits per heavy atom. The summed E-state index contributed by atoms with van der Waals surface area (Å²) in [5.74, 6) is 8.16. The first-order valence-corrected chi connectivity index (χ1v) is 7.31. The third kappa shape index (κ3) is 2.86. The summed E-state index contributed by atoms with van der Waals surface area (Å²) in [7, 11) is 0. The molecule has 1 saturated heterocycles. The number of nitrogens with one attached hydrogen (secondary N) is 1. The normalized spacial score (nSPS) is 19.5. The highest BCUT2D eigenvalue weighted by Gasteiger charge is 2.26.